The summed E-state index contributed by atoms with van der Waals surface area (Å²) in [5.41, 5.74) is -0.316. The summed E-state index contributed by atoms with van der Waals surface area (Å²) < 4.78 is 59.4. The van der Waals surface area contributed by atoms with Crippen molar-refractivity contribution >= 4 is 13.1 Å². The molecule has 0 amide bonds. The molecule has 0 spiro atoms. The first-order chi connectivity index (χ1) is 6.88. The second-order valence-corrected chi connectivity index (χ2v) is 2.80. The zero-order valence-corrected chi connectivity index (χ0v) is 7.38. The second kappa shape index (κ2) is 4.42. The molecule has 82 valence electrons. The van der Waals surface area contributed by atoms with Gasteiger partial charge in [-0.15, -0.1) is 5.98 Å². The summed E-state index contributed by atoms with van der Waals surface area (Å²) in [5, 5.41) is 0. The van der Waals surface area contributed by atoms with Crippen molar-refractivity contribution in [3.63, 3.8) is 0 Å². The first kappa shape index (κ1) is 11.7. The summed E-state index contributed by atoms with van der Waals surface area (Å²) in [7, 11) is 0. The molecule has 0 aliphatic heterocycles. The highest BCUT2D eigenvalue weighted by Gasteiger charge is 2.17. The van der Waals surface area contributed by atoms with Gasteiger partial charge in [0.1, 0.15) is 0 Å². The number of halogens is 5. The predicted molar refractivity (Wildman–Crippen MR) is 47.3 cm³/mol. The third-order valence-electron chi connectivity index (χ3n) is 1.55. The summed E-state index contributed by atoms with van der Waals surface area (Å²) >= 11 is 0. The van der Waals surface area contributed by atoms with E-state index in [1.165, 1.54) is 0 Å². The summed E-state index contributed by atoms with van der Waals surface area (Å²) in [6.45, 7) is -5.02. The van der Waals surface area contributed by atoms with Gasteiger partial charge in [0.05, 0.1) is 5.69 Å². The van der Waals surface area contributed by atoms with E-state index in [0.29, 0.717) is 0 Å². The Morgan fingerprint density at radius 3 is 2.27 bits per heavy atom. The van der Waals surface area contributed by atoms with Crippen molar-refractivity contribution < 1.29 is 21.7 Å². The van der Waals surface area contributed by atoms with Crippen LogP contribution in [0.5, 0.6) is 0 Å². The summed E-state index contributed by atoms with van der Waals surface area (Å²) in [5.74, 6) is 0.0599. The third-order valence-corrected chi connectivity index (χ3v) is 1.55. The normalized spacial score (nSPS) is 12.7. The van der Waals surface area contributed by atoms with Gasteiger partial charge >= 0.3 is 6.98 Å². The van der Waals surface area contributed by atoms with Gasteiger partial charge < -0.3 is 12.9 Å². The first-order valence-electron chi connectivity index (χ1n) is 4.02. The van der Waals surface area contributed by atoms with Gasteiger partial charge in [-0.1, -0.05) is 6.08 Å². The van der Waals surface area contributed by atoms with E-state index in [-0.39, 0.29) is 17.2 Å². The van der Waals surface area contributed by atoms with Gasteiger partial charge in [0, 0.05) is 11.8 Å². The summed E-state index contributed by atoms with van der Waals surface area (Å²) in [6.07, 6.45) is -1.06. The number of pyridine rings is 1. The maximum atomic E-state index is 12.0. The van der Waals surface area contributed by atoms with Gasteiger partial charge in [-0.05, 0) is 12.1 Å². The van der Waals surface area contributed by atoms with Gasteiger partial charge in [-0.2, -0.15) is 0 Å². The molecule has 1 heterocycles. The molecule has 1 rings (SSSR count). The Labute approximate surface area is 82.7 Å². The van der Waals surface area contributed by atoms with Crippen LogP contribution in [-0.4, -0.2) is 12.0 Å². The minimum Gasteiger partial charge on any atom is -0.445 e. The molecule has 7 heteroatoms. The molecule has 0 radical (unpaired) electrons. The first-order valence-corrected chi connectivity index (χ1v) is 4.02. The molecule has 1 nitrogen and oxygen atoms in total. The van der Waals surface area contributed by atoms with Crippen LogP contribution < -0.4 is 0 Å². The maximum absolute atomic E-state index is 12.0. The SMILES string of the molecule is FC(F)c1ccc(/C=C/[B-](F)(F)F)nc1. The van der Waals surface area contributed by atoms with Crippen molar-refractivity contribution in [1.29, 1.82) is 0 Å². The smallest absolute Gasteiger partial charge is 0.445 e. The number of rotatable bonds is 3. The molecule has 15 heavy (non-hydrogen) atoms. The minimum atomic E-state index is -5.02. The zero-order valence-electron chi connectivity index (χ0n) is 7.38. The number of hydrogen-bond acceptors (Lipinski definition) is 1. The van der Waals surface area contributed by atoms with E-state index in [9.17, 15) is 21.7 Å². The fourth-order valence-corrected chi connectivity index (χ4v) is 0.852. The fraction of sp³-hybridized carbons (Fsp3) is 0.125. The molecule has 0 atom stereocenters. The van der Waals surface area contributed by atoms with Crippen LogP contribution >= 0.6 is 0 Å². The summed E-state index contributed by atoms with van der Waals surface area (Å²) in [4.78, 5) is 3.45. The molecule has 0 N–H and O–H groups in total. The standard InChI is InChI=1S/C8H6BF5N/c10-8(11)6-1-2-7(15-5-6)3-4-9(12,13)14/h1-5,8H/q-1/b4-3+. The van der Waals surface area contributed by atoms with Crippen LogP contribution in [-0.2, 0) is 0 Å². The quantitative estimate of drug-likeness (QED) is 0.563. The molecular formula is C8H6BF5N-. The lowest BCUT2D eigenvalue weighted by Gasteiger charge is -2.06. The molecule has 0 aliphatic carbocycles. The average molecular weight is 222 g/mol. The highest BCUT2D eigenvalue weighted by atomic mass is 19.4. The number of nitrogens with zero attached hydrogens (tertiary/aromatic N) is 1. The Morgan fingerprint density at radius 2 is 1.87 bits per heavy atom. The zero-order chi connectivity index (χ0) is 11.5. The van der Waals surface area contributed by atoms with Gasteiger partial charge in [0.2, 0.25) is 0 Å². The topological polar surface area (TPSA) is 12.9 Å². The van der Waals surface area contributed by atoms with Gasteiger partial charge in [0.15, 0.2) is 0 Å². The maximum Gasteiger partial charge on any atom is 0.502 e. The van der Waals surface area contributed by atoms with Crippen molar-refractivity contribution in [2.45, 2.75) is 6.43 Å². The van der Waals surface area contributed by atoms with E-state index in [1.54, 1.807) is 0 Å². The number of aromatic nitrogens is 1. The molecule has 0 aromatic carbocycles. The van der Waals surface area contributed by atoms with Crippen molar-refractivity contribution in [2.75, 3.05) is 0 Å². The van der Waals surface area contributed by atoms with Crippen molar-refractivity contribution in [3.05, 3.63) is 35.6 Å². The number of alkyl halides is 2. The largest absolute Gasteiger partial charge is 0.502 e. The average Bonchev–Trinajstić information content (AvgIpc) is 2.14. The van der Waals surface area contributed by atoms with E-state index >= 15 is 0 Å². The highest BCUT2D eigenvalue weighted by Crippen LogP contribution is 2.18. The molecule has 0 fully saturated rings. The van der Waals surface area contributed by atoms with Crippen molar-refractivity contribution in [2.24, 2.45) is 0 Å². The molecule has 0 aliphatic rings. The molecule has 0 unspecified atom stereocenters. The fourth-order valence-electron chi connectivity index (χ4n) is 0.852. The van der Waals surface area contributed by atoms with E-state index in [1.807, 2.05) is 0 Å². The predicted octanol–water partition coefficient (Wildman–Crippen LogP) is 3.42. The van der Waals surface area contributed by atoms with Crippen molar-refractivity contribution in [3.8, 4) is 0 Å². The van der Waals surface area contributed by atoms with Crippen LogP contribution in [0.2, 0.25) is 0 Å². The monoisotopic (exact) mass is 222 g/mol. The molecule has 1 aromatic heterocycles. The Balaban J connectivity index is 2.77. The van der Waals surface area contributed by atoms with E-state index in [0.717, 1.165) is 24.4 Å². The highest BCUT2D eigenvalue weighted by molar-refractivity contribution is 6.64. The lowest BCUT2D eigenvalue weighted by Crippen LogP contribution is -2.09. The van der Waals surface area contributed by atoms with Crippen molar-refractivity contribution in [1.82, 2.24) is 4.98 Å². The lowest BCUT2D eigenvalue weighted by molar-refractivity contribution is 0.151. The van der Waals surface area contributed by atoms with E-state index < -0.39 is 13.4 Å². The van der Waals surface area contributed by atoms with Gasteiger partial charge in [-0.3, -0.25) is 4.98 Å². The Morgan fingerprint density at radius 1 is 1.20 bits per heavy atom. The van der Waals surface area contributed by atoms with E-state index in [2.05, 4.69) is 4.98 Å². The third kappa shape index (κ3) is 4.10. The van der Waals surface area contributed by atoms with Crippen LogP contribution in [0, 0.1) is 0 Å². The molecule has 0 saturated carbocycles. The van der Waals surface area contributed by atoms with Crippen LogP contribution in [0.4, 0.5) is 21.7 Å². The van der Waals surface area contributed by atoms with Crippen LogP contribution in [0.3, 0.4) is 0 Å². The van der Waals surface area contributed by atoms with Crippen LogP contribution in [0.1, 0.15) is 17.7 Å². The van der Waals surface area contributed by atoms with Crippen LogP contribution in [0.15, 0.2) is 24.3 Å². The van der Waals surface area contributed by atoms with Crippen LogP contribution in [0.25, 0.3) is 6.08 Å². The van der Waals surface area contributed by atoms with Gasteiger partial charge in [-0.25, -0.2) is 8.78 Å². The Hall–Kier alpha value is -1.40. The molecule has 0 saturated heterocycles. The number of hydrogen-bond donors (Lipinski definition) is 0. The summed E-state index contributed by atoms with van der Waals surface area (Å²) in [6, 6.07) is 2.15. The second-order valence-electron chi connectivity index (χ2n) is 2.80. The Kier molecular flexibility index (Phi) is 3.44. The Bertz CT molecular complexity index is 343. The lowest BCUT2D eigenvalue weighted by atomic mass is 9.91. The van der Waals surface area contributed by atoms with Gasteiger partial charge in [0.25, 0.3) is 6.43 Å². The van der Waals surface area contributed by atoms with E-state index in [4.69, 9.17) is 0 Å². The minimum absolute atomic E-state index is 0.00130. The molecule has 1 aromatic rings. The molecular weight excluding hydrogens is 216 g/mol. The molecule has 0 bridgehead atoms.